The fourth-order valence-corrected chi connectivity index (χ4v) is 1.73. The van der Waals surface area contributed by atoms with Crippen molar-refractivity contribution in [3.8, 4) is 0 Å². The lowest BCUT2D eigenvalue weighted by Crippen LogP contribution is -2.06. The van der Waals surface area contributed by atoms with Gasteiger partial charge in [-0.1, -0.05) is 0 Å². The largest absolute Gasteiger partial charge is 0.385 e. The smallest absolute Gasteiger partial charge is 0.123 e. The van der Waals surface area contributed by atoms with Gasteiger partial charge in [0.15, 0.2) is 0 Å². The maximum atomic E-state index is 12.9. The fourth-order valence-electron chi connectivity index (χ4n) is 1.73. The molecule has 17 heavy (non-hydrogen) atoms. The number of nitrogens with one attached hydrogen (secondary N) is 1. The molecule has 0 saturated carbocycles. The number of hydrogen-bond acceptors (Lipinski definition) is 2. The van der Waals surface area contributed by atoms with Crippen LogP contribution in [-0.4, -0.2) is 16.1 Å². The zero-order valence-corrected chi connectivity index (χ0v) is 9.86. The van der Waals surface area contributed by atoms with Crippen LogP contribution in [0.25, 0.3) is 0 Å². The Balaban J connectivity index is 1.78. The topological polar surface area (TPSA) is 29.9 Å². The van der Waals surface area contributed by atoms with Gasteiger partial charge < -0.3 is 9.88 Å². The lowest BCUT2D eigenvalue weighted by Gasteiger charge is -2.09. The minimum absolute atomic E-state index is 0.188. The minimum atomic E-state index is -0.188. The molecule has 0 aliphatic carbocycles. The fraction of sp³-hybridized carbons (Fsp3) is 0.308. The third-order valence-corrected chi connectivity index (χ3v) is 2.66. The molecule has 1 aromatic heterocycles. The molecule has 0 fully saturated rings. The van der Waals surface area contributed by atoms with Crippen LogP contribution in [0.5, 0.6) is 0 Å². The summed E-state index contributed by atoms with van der Waals surface area (Å²) >= 11 is 0. The van der Waals surface area contributed by atoms with E-state index in [1.807, 2.05) is 24.0 Å². The molecule has 0 spiro atoms. The van der Waals surface area contributed by atoms with Gasteiger partial charge in [0, 0.05) is 31.2 Å². The summed E-state index contributed by atoms with van der Waals surface area (Å²) in [5.41, 5.74) is 1.93. The van der Waals surface area contributed by atoms with E-state index in [1.54, 1.807) is 12.3 Å². The first kappa shape index (κ1) is 11.6. The number of aromatic nitrogens is 2. The summed E-state index contributed by atoms with van der Waals surface area (Å²) in [7, 11) is 0. The summed E-state index contributed by atoms with van der Waals surface area (Å²) in [5.74, 6) is -0.188. The molecule has 3 nitrogen and oxygen atoms in total. The number of imidazole rings is 1. The van der Waals surface area contributed by atoms with E-state index in [9.17, 15) is 4.39 Å². The SMILES string of the molecule is Cc1cc(F)ccc1NCCCn1ccnc1. The average molecular weight is 233 g/mol. The molecule has 1 N–H and O–H groups in total. The quantitative estimate of drug-likeness (QED) is 0.805. The highest BCUT2D eigenvalue weighted by Crippen LogP contribution is 2.15. The highest BCUT2D eigenvalue weighted by molar-refractivity contribution is 5.50. The van der Waals surface area contributed by atoms with E-state index < -0.39 is 0 Å². The zero-order valence-electron chi connectivity index (χ0n) is 9.86. The molecule has 0 unspecified atom stereocenters. The molecular weight excluding hydrogens is 217 g/mol. The Morgan fingerprint density at radius 2 is 2.29 bits per heavy atom. The third kappa shape index (κ3) is 3.31. The number of rotatable bonds is 5. The van der Waals surface area contributed by atoms with Crippen LogP contribution in [0.4, 0.5) is 10.1 Å². The normalized spacial score (nSPS) is 10.5. The molecule has 1 aromatic carbocycles. The van der Waals surface area contributed by atoms with Crippen LogP contribution < -0.4 is 5.32 Å². The molecule has 0 radical (unpaired) electrons. The van der Waals surface area contributed by atoms with E-state index in [0.29, 0.717) is 0 Å². The van der Waals surface area contributed by atoms with Crippen LogP contribution in [0.3, 0.4) is 0 Å². The number of nitrogens with zero attached hydrogens (tertiary/aromatic N) is 2. The van der Waals surface area contributed by atoms with E-state index in [4.69, 9.17) is 0 Å². The molecule has 1 heterocycles. The first-order chi connectivity index (χ1) is 8.25. The summed E-state index contributed by atoms with van der Waals surface area (Å²) in [6.07, 6.45) is 6.54. The minimum Gasteiger partial charge on any atom is -0.385 e. The molecule has 0 bridgehead atoms. The predicted octanol–water partition coefficient (Wildman–Crippen LogP) is 2.83. The van der Waals surface area contributed by atoms with Gasteiger partial charge in [-0.05, 0) is 37.1 Å². The lowest BCUT2D eigenvalue weighted by atomic mass is 10.2. The Kier molecular flexibility index (Phi) is 3.75. The average Bonchev–Trinajstić information content (AvgIpc) is 2.79. The summed E-state index contributed by atoms with van der Waals surface area (Å²) in [6, 6.07) is 4.80. The zero-order chi connectivity index (χ0) is 12.1. The van der Waals surface area contributed by atoms with Gasteiger partial charge in [0.1, 0.15) is 5.82 Å². The van der Waals surface area contributed by atoms with Crippen LogP contribution in [0, 0.1) is 12.7 Å². The third-order valence-electron chi connectivity index (χ3n) is 2.66. The van der Waals surface area contributed by atoms with Gasteiger partial charge in [0.05, 0.1) is 6.33 Å². The molecule has 0 aliphatic heterocycles. The molecule has 0 atom stereocenters. The summed E-state index contributed by atoms with van der Waals surface area (Å²) in [6.45, 7) is 3.71. The van der Waals surface area contributed by atoms with Crippen molar-refractivity contribution in [2.45, 2.75) is 19.9 Å². The van der Waals surface area contributed by atoms with Crippen LogP contribution in [0.15, 0.2) is 36.9 Å². The Labute approximate surface area is 100 Å². The summed E-state index contributed by atoms with van der Waals surface area (Å²) < 4.78 is 14.9. The predicted molar refractivity (Wildman–Crippen MR) is 66.5 cm³/mol. The van der Waals surface area contributed by atoms with E-state index in [-0.39, 0.29) is 5.82 Å². The Hall–Kier alpha value is -1.84. The molecule has 4 heteroatoms. The standard InChI is InChI=1S/C13H16FN3/c1-11-9-12(14)3-4-13(11)16-5-2-7-17-8-6-15-10-17/h3-4,6,8-10,16H,2,5,7H2,1H3. The number of halogens is 1. The second-order valence-corrected chi connectivity index (χ2v) is 4.04. The maximum absolute atomic E-state index is 12.9. The van der Waals surface area contributed by atoms with Crippen molar-refractivity contribution in [1.82, 2.24) is 9.55 Å². The lowest BCUT2D eigenvalue weighted by molar-refractivity contribution is 0.626. The van der Waals surface area contributed by atoms with Crippen molar-refractivity contribution in [3.63, 3.8) is 0 Å². The van der Waals surface area contributed by atoms with Gasteiger partial charge in [0.2, 0.25) is 0 Å². The molecule has 2 aromatic rings. The van der Waals surface area contributed by atoms with Gasteiger partial charge in [-0.3, -0.25) is 0 Å². The summed E-state index contributed by atoms with van der Waals surface area (Å²) in [5, 5.41) is 3.30. The van der Waals surface area contributed by atoms with E-state index in [2.05, 4.69) is 10.3 Å². The first-order valence-electron chi connectivity index (χ1n) is 5.71. The molecule has 0 saturated heterocycles. The Morgan fingerprint density at radius 1 is 1.41 bits per heavy atom. The molecule has 90 valence electrons. The van der Waals surface area contributed by atoms with Crippen LogP contribution in [-0.2, 0) is 6.54 Å². The molecular formula is C13H16FN3. The van der Waals surface area contributed by atoms with Crippen molar-refractivity contribution >= 4 is 5.69 Å². The van der Waals surface area contributed by atoms with Gasteiger partial charge in [-0.2, -0.15) is 0 Å². The van der Waals surface area contributed by atoms with Gasteiger partial charge in [-0.25, -0.2) is 9.37 Å². The van der Waals surface area contributed by atoms with Crippen molar-refractivity contribution in [2.24, 2.45) is 0 Å². The van der Waals surface area contributed by atoms with E-state index in [1.165, 1.54) is 12.1 Å². The van der Waals surface area contributed by atoms with E-state index in [0.717, 1.165) is 30.8 Å². The van der Waals surface area contributed by atoms with Crippen molar-refractivity contribution < 1.29 is 4.39 Å². The number of benzene rings is 1. The number of hydrogen-bond donors (Lipinski definition) is 1. The van der Waals surface area contributed by atoms with Crippen LogP contribution in [0.1, 0.15) is 12.0 Å². The highest BCUT2D eigenvalue weighted by atomic mass is 19.1. The number of aryl methyl sites for hydroxylation is 2. The van der Waals surface area contributed by atoms with Gasteiger partial charge in [0.25, 0.3) is 0 Å². The first-order valence-corrected chi connectivity index (χ1v) is 5.71. The molecule has 0 aliphatic rings. The highest BCUT2D eigenvalue weighted by Gasteiger charge is 1.98. The van der Waals surface area contributed by atoms with Crippen LogP contribution in [0.2, 0.25) is 0 Å². The van der Waals surface area contributed by atoms with Crippen LogP contribution >= 0.6 is 0 Å². The van der Waals surface area contributed by atoms with E-state index >= 15 is 0 Å². The second-order valence-electron chi connectivity index (χ2n) is 4.04. The maximum Gasteiger partial charge on any atom is 0.123 e. The Morgan fingerprint density at radius 3 is 3.00 bits per heavy atom. The monoisotopic (exact) mass is 233 g/mol. The van der Waals surface area contributed by atoms with Gasteiger partial charge in [-0.15, -0.1) is 0 Å². The molecule has 0 amide bonds. The van der Waals surface area contributed by atoms with Crippen molar-refractivity contribution in [2.75, 3.05) is 11.9 Å². The Bertz CT molecular complexity index is 466. The van der Waals surface area contributed by atoms with Gasteiger partial charge >= 0.3 is 0 Å². The molecule has 2 rings (SSSR count). The van der Waals surface area contributed by atoms with Crippen molar-refractivity contribution in [1.29, 1.82) is 0 Å². The number of anilines is 1. The summed E-state index contributed by atoms with van der Waals surface area (Å²) in [4.78, 5) is 3.98. The second kappa shape index (κ2) is 5.48. The van der Waals surface area contributed by atoms with Crippen molar-refractivity contribution in [3.05, 3.63) is 48.3 Å².